The second-order valence-corrected chi connectivity index (χ2v) is 4.29. The molecule has 4 heteroatoms. The molecule has 0 unspecified atom stereocenters. The molecule has 2 rings (SSSR count). The Morgan fingerprint density at radius 2 is 1.80 bits per heavy atom. The van der Waals surface area contributed by atoms with Crippen molar-refractivity contribution in [2.45, 2.75) is 6.92 Å². The van der Waals surface area contributed by atoms with Gasteiger partial charge in [-0.2, -0.15) is 0 Å². The first kappa shape index (κ1) is 13.8. The fourth-order valence-electron chi connectivity index (χ4n) is 1.95. The number of carbonyl (C=O) groups excluding carboxylic acids is 2. The van der Waals surface area contributed by atoms with Crippen molar-refractivity contribution in [3.05, 3.63) is 54.1 Å². The van der Waals surface area contributed by atoms with E-state index in [2.05, 4.69) is 5.32 Å². The molecule has 20 heavy (non-hydrogen) atoms. The highest BCUT2D eigenvalue weighted by Crippen LogP contribution is 2.26. The third-order valence-corrected chi connectivity index (χ3v) is 2.84. The van der Waals surface area contributed by atoms with Crippen LogP contribution in [0.2, 0.25) is 0 Å². The fourth-order valence-corrected chi connectivity index (χ4v) is 1.95. The molecule has 0 radical (unpaired) electrons. The molecule has 0 fully saturated rings. The van der Waals surface area contributed by atoms with Crippen LogP contribution >= 0.6 is 0 Å². The summed E-state index contributed by atoms with van der Waals surface area (Å²) in [6.07, 6.45) is 0. The third-order valence-electron chi connectivity index (χ3n) is 2.84. The standard InChI is InChI=1S/C16H15NO3/c1-11(18)17-16(19)15-9-4-3-8-14(15)12-6-5-7-13(10-12)20-2/h3-10H,1-2H3,(H,17,18,19). The largest absolute Gasteiger partial charge is 0.497 e. The molecule has 0 saturated heterocycles. The molecule has 0 bridgehead atoms. The molecular formula is C16H15NO3. The molecule has 0 aliphatic carbocycles. The van der Waals surface area contributed by atoms with Gasteiger partial charge in [-0.3, -0.25) is 14.9 Å². The molecule has 2 amide bonds. The number of amides is 2. The average molecular weight is 269 g/mol. The van der Waals surface area contributed by atoms with Crippen molar-refractivity contribution in [2.24, 2.45) is 0 Å². The molecule has 102 valence electrons. The van der Waals surface area contributed by atoms with Gasteiger partial charge < -0.3 is 4.74 Å². The number of methoxy groups -OCH3 is 1. The quantitative estimate of drug-likeness (QED) is 0.932. The minimum atomic E-state index is -0.407. The van der Waals surface area contributed by atoms with Crippen molar-refractivity contribution in [1.82, 2.24) is 5.32 Å². The number of rotatable bonds is 3. The van der Waals surface area contributed by atoms with Gasteiger partial charge in [0.2, 0.25) is 5.91 Å². The zero-order valence-electron chi connectivity index (χ0n) is 11.3. The molecule has 4 nitrogen and oxygen atoms in total. The van der Waals surface area contributed by atoms with E-state index < -0.39 is 5.91 Å². The number of ether oxygens (including phenoxy) is 1. The van der Waals surface area contributed by atoms with E-state index in [9.17, 15) is 9.59 Å². The van der Waals surface area contributed by atoms with Crippen LogP contribution < -0.4 is 10.1 Å². The van der Waals surface area contributed by atoms with Crippen molar-refractivity contribution >= 4 is 11.8 Å². The number of carbonyl (C=O) groups is 2. The maximum absolute atomic E-state index is 12.0. The molecule has 0 aliphatic heterocycles. The molecule has 2 aromatic carbocycles. The Kier molecular flexibility index (Phi) is 4.15. The summed E-state index contributed by atoms with van der Waals surface area (Å²) in [6.45, 7) is 1.31. The monoisotopic (exact) mass is 269 g/mol. The number of nitrogens with one attached hydrogen (secondary N) is 1. The topological polar surface area (TPSA) is 55.4 Å². The normalized spacial score (nSPS) is 9.90. The van der Waals surface area contributed by atoms with Crippen LogP contribution in [0.25, 0.3) is 11.1 Å². The van der Waals surface area contributed by atoms with Crippen LogP contribution in [-0.4, -0.2) is 18.9 Å². The minimum Gasteiger partial charge on any atom is -0.497 e. The van der Waals surface area contributed by atoms with Crippen LogP contribution in [0.3, 0.4) is 0 Å². The number of hydrogen-bond acceptors (Lipinski definition) is 3. The molecule has 1 N–H and O–H groups in total. The summed E-state index contributed by atoms with van der Waals surface area (Å²) in [6, 6.07) is 14.6. The Hall–Kier alpha value is -2.62. The highest BCUT2D eigenvalue weighted by molar-refractivity contribution is 6.07. The lowest BCUT2D eigenvalue weighted by atomic mass is 9.99. The van der Waals surface area contributed by atoms with Gasteiger partial charge in [-0.1, -0.05) is 30.3 Å². The Morgan fingerprint density at radius 3 is 2.50 bits per heavy atom. The molecule has 0 atom stereocenters. The van der Waals surface area contributed by atoms with E-state index in [0.29, 0.717) is 11.3 Å². The Labute approximate surface area is 117 Å². The first-order valence-corrected chi connectivity index (χ1v) is 6.17. The van der Waals surface area contributed by atoms with Crippen LogP contribution in [0.1, 0.15) is 17.3 Å². The molecule has 0 heterocycles. The van der Waals surface area contributed by atoms with Crippen LogP contribution in [-0.2, 0) is 4.79 Å². The summed E-state index contributed by atoms with van der Waals surface area (Å²) >= 11 is 0. The summed E-state index contributed by atoms with van der Waals surface area (Å²) in [4.78, 5) is 23.1. The maximum atomic E-state index is 12.0. The molecule has 0 spiro atoms. The lowest BCUT2D eigenvalue weighted by molar-refractivity contribution is -0.118. The van der Waals surface area contributed by atoms with E-state index in [0.717, 1.165) is 11.1 Å². The highest BCUT2D eigenvalue weighted by Gasteiger charge is 2.13. The van der Waals surface area contributed by atoms with Crippen molar-refractivity contribution in [3.63, 3.8) is 0 Å². The summed E-state index contributed by atoms with van der Waals surface area (Å²) < 4.78 is 5.19. The summed E-state index contributed by atoms with van der Waals surface area (Å²) in [7, 11) is 1.59. The van der Waals surface area contributed by atoms with Gasteiger partial charge in [-0.15, -0.1) is 0 Å². The SMILES string of the molecule is COc1cccc(-c2ccccc2C(=O)NC(C)=O)c1. The number of hydrogen-bond donors (Lipinski definition) is 1. The zero-order valence-corrected chi connectivity index (χ0v) is 11.3. The van der Waals surface area contributed by atoms with E-state index in [1.165, 1.54) is 6.92 Å². The van der Waals surface area contributed by atoms with Crippen molar-refractivity contribution in [2.75, 3.05) is 7.11 Å². The second kappa shape index (κ2) is 6.02. The Morgan fingerprint density at radius 1 is 1.05 bits per heavy atom. The van der Waals surface area contributed by atoms with Crippen molar-refractivity contribution in [1.29, 1.82) is 0 Å². The van der Waals surface area contributed by atoms with Gasteiger partial charge in [0.1, 0.15) is 5.75 Å². The summed E-state index contributed by atoms with van der Waals surface area (Å²) in [5.41, 5.74) is 2.07. The smallest absolute Gasteiger partial charge is 0.258 e. The average Bonchev–Trinajstić information content (AvgIpc) is 2.46. The molecular weight excluding hydrogens is 254 g/mol. The summed E-state index contributed by atoms with van der Waals surface area (Å²) in [5, 5.41) is 2.29. The van der Waals surface area contributed by atoms with E-state index in [1.54, 1.807) is 19.2 Å². The van der Waals surface area contributed by atoms with Gasteiger partial charge in [-0.25, -0.2) is 0 Å². The van der Waals surface area contributed by atoms with Gasteiger partial charge in [0.15, 0.2) is 0 Å². The highest BCUT2D eigenvalue weighted by atomic mass is 16.5. The van der Waals surface area contributed by atoms with Crippen molar-refractivity contribution < 1.29 is 14.3 Å². The Bertz CT molecular complexity index is 650. The maximum Gasteiger partial charge on any atom is 0.258 e. The number of benzene rings is 2. The van der Waals surface area contributed by atoms with E-state index in [4.69, 9.17) is 4.74 Å². The fraction of sp³-hybridized carbons (Fsp3) is 0.125. The third kappa shape index (κ3) is 3.03. The predicted octanol–water partition coefficient (Wildman–Crippen LogP) is 2.64. The van der Waals surface area contributed by atoms with Gasteiger partial charge in [-0.05, 0) is 29.3 Å². The molecule has 0 aromatic heterocycles. The predicted molar refractivity (Wildman–Crippen MR) is 76.6 cm³/mol. The first-order chi connectivity index (χ1) is 9.61. The van der Waals surface area contributed by atoms with Crippen LogP contribution in [0.4, 0.5) is 0 Å². The molecule has 0 aliphatic rings. The minimum absolute atomic E-state index is 0.379. The first-order valence-electron chi connectivity index (χ1n) is 6.17. The van der Waals surface area contributed by atoms with Gasteiger partial charge in [0.25, 0.3) is 5.91 Å². The zero-order chi connectivity index (χ0) is 14.5. The van der Waals surface area contributed by atoms with Crippen molar-refractivity contribution in [3.8, 4) is 16.9 Å². The lowest BCUT2D eigenvalue weighted by Gasteiger charge is -2.10. The molecule has 0 saturated carbocycles. The van der Waals surface area contributed by atoms with E-state index >= 15 is 0 Å². The van der Waals surface area contributed by atoms with Crippen LogP contribution in [0.5, 0.6) is 5.75 Å². The number of imide groups is 1. The van der Waals surface area contributed by atoms with Crippen LogP contribution in [0.15, 0.2) is 48.5 Å². The van der Waals surface area contributed by atoms with Crippen LogP contribution in [0, 0.1) is 0 Å². The van der Waals surface area contributed by atoms with E-state index in [-0.39, 0.29) is 5.91 Å². The van der Waals surface area contributed by atoms with Gasteiger partial charge in [0, 0.05) is 12.5 Å². The lowest BCUT2D eigenvalue weighted by Crippen LogP contribution is -2.28. The van der Waals surface area contributed by atoms with Gasteiger partial charge in [0.05, 0.1) is 7.11 Å². The van der Waals surface area contributed by atoms with Gasteiger partial charge >= 0.3 is 0 Å². The Balaban J connectivity index is 2.46. The summed E-state index contributed by atoms with van der Waals surface area (Å²) in [5.74, 6) is -0.0735. The second-order valence-electron chi connectivity index (χ2n) is 4.29. The molecule has 2 aromatic rings. The van der Waals surface area contributed by atoms with E-state index in [1.807, 2.05) is 36.4 Å².